The molecule has 6 aliphatic rings. The first-order valence-corrected chi connectivity index (χ1v) is 12.7. The number of fused-ring (bicyclic) bond motifs is 6. The Morgan fingerprint density at radius 3 is 2.34 bits per heavy atom. The van der Waals surface area contributed by atoms with Gasteiger partial charge in [-0.05, 0) is 61.2 Å². The second kappa shape index (κ2) is 7.27. The SMILES string of the molecule is COC(=O)C=C1CC2C(CC[C@@]3(C)C2CCC32OCCO2)[C@@]2(C)CCC3(CC12)OCCO3. The van der Waals surface area contributed by atoms with E-state index in [-0.39, 0.29) is 16.8 Å². The summed E-state index contributed by atoms with van der Waals surface area (Å²) in [5, 5.41) is 0. The minimum atomic E-state index is -0.460. The minimum absolute atomic E-state index is 0.0534. The Morgan fingerprint density at radius 2 is 1.62 bits per heavy atom. The predicted octanol–water partition coefficient (Wildman–Crippen LogP) is 4.22. The number of methoxy groups -OCH3 is 1. The van der Waals surface area contributed by atoms with Crippen LogP contribution < -0.4 is 0 Å². The number of rotatable bonds is 1. The Morgan fingerprint density at radius 1 is 0.938 bits per heavy atom. The number of carbonyl (C=O) groups is 1. The van der Waals surface area contributed by atoms with Crippen molar-refractivity contribution in [3.8, 4) is 0 Å². The Hall–Kier alpha value is -0.950. The first kappa shape index (κ1) is 21.6. The second-order valence-electron chi connectivity index (χ2n) is 11.6. The zero-order valence-electron chi connectivity index (χ0n) is 19.8. The molecule has 178 valence electrons. The fraction of sp³-hybridized carbons (Fsp3) is 0.885. The fourth-order valence-corrected chi connectivity index (χ4v) is 9.10. The average Bonchev–Trinajstić information content (AvgIpc) is 3.51. The quantitative estimate of drug-likeness (QED) is 0.444. The Bertz CT molecular complexity index is 809. The van der Waals surface area contributed by atoms with Crippen molar-refractivity contribution in [3.63, 3.8) is 0 Å². The van der Waals surface area contributed by atoms with Gasteiger partial charge in [-0.2, -0.15) is 0 Å². The van der Waals surface area contributed by atoms with Crippen molar-refractivity contribution >= 4 is 5.97 Å². The molecular formula is C26H38O6. The molecule has 0 radical (unpaired) electrons. The largest absolute Gasteiger partial charge is 0.466 e. The van der Waals surface area contributed by atoms with Gasteiger partial charge < -0.3 is 23.7 Å². The number of hydrogen-bond donors (Lipinski definition) is 0. The van der Waals surface area contributed by atoms with Crippen molar-refractivity contribution in [2.75, 3.05) is 33.5 Å². The number of carbonyl (C=O) groups excluding carboxylic acids is 1. The molecule has 4 unspecified atom stereocenters. The van der Waals surface area contributed by atoms with E-state index >= 15 is 0 Å². The van der Waals surface area contributed by atoms with Crippen molar-refractivity contribution in [1.82, 2.24) is 0 Å². The van der Waals surface area contributed by atoms with Gasteiger partial charge in [0.2, 0.25) is 0 Å². The lowest BCUT2D eigenvalue weighted by Crippen LogP contribution is -2.59. The maximum Gasteiger partial charge on any atom is 0.330 e. The van der Waals surface area contributed by atoms with E-state index in [1.54, 1.807) is 6.08 Å². The summed E-state index contributed by atoms with van der Waals surface area (Å²) in [6.45, 7) is 7.68. The van der Waals surface area contributed by atoms with Gasteiger partial charge in [0.05, 0.1) is 33.5 Å². The Kier molecular flexibility index (Phi) is 4.90. The van der Waals surface area contributed by atoms with Gasteiger partial charge in [0, 0.05) is 30.8 Å². The lowest BCUT2D eigenvalue weighted by atomic mass is 9.43. The van der Waals surface area contributed by atoms with Crippen molar-refractivity contribution in [2.24, 2.45) is 34.5 Å². The molecule has 2 spiro atoms. The van der Waals surface area contributed by atoms with E-state index in [2.05, 4.69) is 13.8 Å². The van der Waals surface area contributed by atoms with Gasteiger partial charge in [-0.1, -0.05) is 19.4 Å². The summed E-state index contributed by atoms with van der Waals surface area (Å²) in [4.78, 5) is 12.4. The third-order valence-corrected chi connectivity index (χ3v) is 10.7. The molecule has 2 saturated heterocycles. The molecule has 0 N–H and O–H groups in total. The molecule has 0 aromatic heterocycles. The third-order valence-electron chi connectivity index (χ3n) is 10.7. The predicted molar refractivity (Wildman–Crippen MR) is 116 cm³/mol. The highest BCUT2D eigenvalue weighted by Crippen LogP contribution is 2.71. The molecule has 4 aliphatic carbocycles. The van der Waals surface area contributed by atoms with Crippen LogP contribution in [0.25, 0.3) is 0 Å². The highest BCUT2D eigenvalue weighted by Gasteiger charge is 2.68. The van der Waals surface area contributed by atoms with E-state index in [0.29, 0.717) is 50.1 Å². The van der Waals surface area contributed by atoms with Crippen molar-refractivity contribution in [3.05, 3.63) is 11.6 Å². The van der Waals surface area contributed by atoms with Gasteiger partial charge in [0.25, 0.3) is 0 Å². The standard InChI is InChI=1S/C26H38O6/c1-23-8-9-25(29-10-11-30-25)16-21(23)17(15-22(27)28-3)14-18-19(23)4-6-24(2)20(18)5-7-26(24)31-12-13-32-26/h15,18-21H,4-14,16H2,1-3H3/t18?,19?,20?,21?,23-,24+/m1/s1. The fourth-order valence-electron chi connectivity index (χ4n) is 9.10. The summed E-state index contributed by atoms with van der Waals surface area (Å²) in [7, 11) is 1.48. The minimum Gasteiger partial charge on any atom is -0.466 e. The van der Waals surface area contributed by atoms with E-state index in [1.807, 2.05) is 0 Å². The molecule has 6 fully saturated rings. The molecule has 2 aliphatic heterocycles. The maximum absolute atomic E-state index is 12.4. The highest BCUT2D eigenvalue weighted by atomic mass is 16.7. The molecule has 6 atom stereocenters. The average molecular weight is 447 g/mol. The molecule has 2 heterocycles. The van der Waals surface area contributed by atoms with E-state index in [9.17, 15) is 4.79 Å². The summed E-state index contributed by atoms with van der Waals surface area (Å²) in [6, 6.07) is 0. The van der Waals surface area contributed by atoms with Crippen LogP contribution in [0.3, 0.4) is 0 Å². The zero-order valence-corrected chi connectivity index (χ0v) is 19.8. The molecular weight excluding hydrogens is 408 g/mol. The van der Waals surface area contributed by atoms with Gasteiger partial charge in [-0.15, -0.1) is 0 Å². The van der Waals surface area contributed by atoms with E-state index < -0.39 is 11.6 Å². The first-order chi connectivity index (χ1) is 15.3. The summed E-state index contributed by atoms with van der Waals surface area (Å²) in [5.74, 6) is 0.972. The van der Waals surface area contributed by atoms with Crippen LogP contribution in [-0.2, 0) is 28.5 Å². The molecule has 4 saturated carbocycles. The van der Waals surface area contributed by atoms with Crippen LogP contribution in [-0.4, -0.2) is 51.1 Å². The van der Waals surface area contributed by atoms with Gasteiger partial charge in [0.15, 0.2) is 11.6 Å². The molecule has 0 aromatic carbocycles. The van der Waals surface area contributed by atoms with E-state index in [0.717, 1.165) is 44.9 Å². The van der Waals surface area contributed by atoms with Crippen LogP contribution in [0.2, 0.25) is 0 Å². The van der Waals surface area contributed by atoms with Crippen LogP contribution in [0.15, 0.2) is 11.6 Å². The van der Waals surface area contributed by atoms with Crippen molar-refractivity contribution < 1.29 is 28.5 Å². The maximum atomic E-state index is 12.4. The lowest BCUT2D eigenvalue weighted by Gasteiger charge is -2.62. The highest BCUT2D eigenvalue weighted by molar-refractivity contribution is 5.82. The number of esters is 1. The molecule has 32 heavy (non-hydrogen) atoms. The number of allylic oxidation sites excluding steroid dienone is 1. The van der Waals surface area contributed by atoms with Crippen LogP contribution in [0.5, 0.6) is 0 Å². The smallest absolute Gasteiger partial charge is 0.330 e. The first-order valence-electron chi connectivity index (χ1n) is 12.7. The normalized spacial score (nSPS) is 47.4. The zero-order chi connectivity index (χ0) is 22.2. The van der Waals surface area contributed by atoms with Crippen molar-refractivity contribution in [1.29, 1.82) is 0 Å². The van der Waals surface area contributed by atoms with Gasteiger partial charge >= 0.3 is 5.97 Å². The monoisotopic (exact) mass is 446 g/mol. The topological polar surface area (TPSA) is 63.2 Å². The summed E-state index contributed by atoms with van der Waals surface area (Å²) >= 11 is 0. The van der Waals surface area contributed by atoms with Crippen LogP contribution in [0.4, 0.5) is 0 Å². The van der Waals surface area contributed by atoms with Crippen molar-refractivity contribution in [2.45, 2.75) is 76.8 Å². The van der Waals surface area contributed by atoms with Gasteiger partial charge in [-0.3, -0.25) is 0 Å². The molecule has 0 bridgehead atoms. The molecule has 6 heteroatoms. The third kappa shape index (κ3) is 2.82. The van der Waals surface area contributed by atoms with Gasteiger partial charge in [-0.25, -0.2) is 4.79 Å². The number of hydrogen-bond acceptors (Lipinski definition) is 6. The molecule has 6 nitrogen and oxygen atoms in total. The van der Waals surface area contributed by atoms with Gasteiger partial charge in [0.1, 0.15) is 0 Å². The molecule has 0 aromatic rings. The Labute approximate surface area is 191 Å². The van der Waals surface area contributed by atoms with Crippen LogP contribution >= 0.6 is 0 Å². The Balaban J connectivity index is 1.37. The van der Waals surface area contributed by atoms with E-state index in [1.165, 1.54) is 19.1 Å². The summed E-state index contributed by atoms with van der Waals surface area (Å²) in [6.07, 6.45) is 10.2. The summed E-state index contributed by atoms with van der Waals surface area (Å²) in [5.41, 5.74) is 1.45. The summed E-state index contributed by atoms with van der Waals surface area (Å²) < 4.78 is 30.0. The lowest BCUT2D eigenvalue weighted by molar-refractivity contribution is -0.252. The van der Waals surface area contributed by atoms with Crippen LogP contribution in [0.1, 0.15) is 65.2 Å². The van der Waals surface area contributed by atoms with E-state index in [4.69, 9.17) is 23.7 Å². The van der Waals surface area contributed by atoms with Crippen LogP contribution in [0, 0.1) is 34.5 Å². The molecule has 0 amide bonds. The molecule has 6 rings (SSSR count). The number of ether oxygens (including phenoxy) is 5. The second-order valence-corrected chi connectivity index (χ2v) is 11.6.